The van der Waals surface area contributed by atoms with Crippen molar-refractivity contribution in [2.24, 2.45) is 5.73 Å². The van der Waals surface area contributed by atoms with E-state index in [4.69, 9.17) is 15.2 Å². The van der Waals surface area contributed by atoms with E-state index in [0.29, 0.717) is 5.76 Å². The zero-order chi connectivity index (χ0) is 16.2. The molecule has 0 aromatic heterocycles. The monoisotopic (exact) mass is 303 g/mol. The molecule has 0 bridgehead atoms. The van der Waals surface area contributed by atoms with E-state index >= 15 is 0 Å². The van der Waals surface area contributed by atoms with Gasteiger partial charge in [0, 0.05) is 12.5 Å². The van der Waals surface area contributed by atoms with Gasteiger partial charge in [0.15, 0.2) is 0 Å². The first kappa shape index (κ1) is 18.3. The molecule has 22 heavy (non-hydrogen) atoms. The third-order valence-corrected chi connectivity index (χ3v) is 3.51. The van der Waals surface area contributed by atoms with E-state index in [0.717, 1.165) is 44.3 Å². The standard InChI is InChI=1S/C19H29NO2/c1-4-7-9-19(20)21-15-14-17(8-5-2)22-18-12-10-16(6-3)11-13-18/h5,8,10,12,14-15,19H,2,4,6-7,9,11,13,20H2,1,3H3/b15-14-,17-8+. The lowest BCUT2D eigenvalue weighted by Gasteiger charge is -2.15. The summed E-state index contributed by atoms with van der Waals surface area (Å²) in [6, 6.07) is 0. The SMILES string of the molecule is C=C/C=C(\C=C/OC(N)CCCC)OC1=CC=C(CC)CC1. The van der Waals surface area contributed by atoms with Gasteiger partial charge in [0.2, 0.25) is 0 Å². The number of rotatable bonds is 10. The van der Waals surface area contributed by atoms with Gasteiger partial charge in [0.05, 0.1) is 6.26 Å². The fourth-order valence-corrected chi connectivity index (χ4v) is 2.11. The van der Waals surface area contributed by atoms with Crippen LogP contribution in [0, 0.1) is 0 Å². The summed E-state index contributed by atoms with van der Waals surface area (Å²) in [7, 11) is 0. The normalized spacial score (nSPS) is 17.0. The minimum Gasteiger partial charge on any atom is -0.483 e. The lowest BCUT2D eigenvalue weighted by Crippen LogP contribution is -2.21. The van der Waals surface area contributed by atoms with Crippen LogP contribution in [0.25, 0.3) is 0 Å². The Balaban J connectivity index is 2.53. The van der Waals surface area contributed by atoms with Crippen LogP contribution in [0.4, 0.5) is 0 Å². The van der Waals surface area contributed by atoms with Gasteiger partial charge >= 0.3 is 0 Å². The first-order valence-electron chi connectivity index (χ1n) is 8.16. The highest BCUT2D eigenvalue weighted by Gasteiger charge is 2.07. The van der Waals surface area contributed by atoms with Gasteiger partial charge in [-0.3, -0.25) is 5.73 Å². The maximum Gasteiger partial charge on any atom is 0.146 e. The van der Waals surface area contributed by atoms with Gasteiger partial charge in [0.1, 0.15) is 17.7 Å². The smallest absolute Gasteiger partial charge is 0.146 e. The average molecular weight is 303 g/mol. The van der Waals surface area contributed by atoms with Crippen molar-refractivity contribution >= 4 is 0 Å². The largest absolute Gasteiger partial charge is 0.483 e. The molecule has 0 amide bonds. The summed E-state index contributed by atoms with van der Waals surface area (Å²) >= 11 is 0. The molecular formula is C19H29NO2. The van der Waals surface area contributed by atoms with Crippen LogP contribution in [-0.2, 0) is 9.47 Å². The van der Waals surface area contributed by atoms with Crippen LogP contribution >= 0.6 is 0 Å². The van der Waals surface area contributed by atoms with Crippen molar-refractivity contribution in [3.05, 3.63) is 60.3 Å². The van der Waals surface area contributed by atoms with Crippen LogP contribution in [0.3, 0.4) is 0 Å². The van der Waals surface area contributed by atoms with Crippen LogP contribution < -0.4 is 5.73 Å². The fourth-order valence-electron chi connectivity index (χ4n) is 2.11. The number of hydrogen-bond donors (Lipinski definition) is 1. The highest BCUT2D eigenvalue weighted by atomic mass is 16.5. The summed E-state index contributed by atoms with van der Waals surface area (Å²) < 4.78 is 11.3. The van der Waals surface area contributed by atoms with E-state index in [1.54, 1.807) is 18.4 Å². The predicted octanol–water partition coefficient (Wildman–Crippen LogP) is 5.09. The van der Waals surface area contributed by atoms with E-state index in [1.165, 1.54) is 5.57 Å². The molecule has 0 aromatic carbocycles. The van der Waals surface area contributed by atoms with E-state index in [2.05, 4.69) is 26.5 Å². The Labute approximate surface area is 134 Å². The first-order chi connectivity index (χ1) is 10.7. The van der Waals surface area contributed by atoms with E-state index < -0.39 is 0 Å². The second-order valence-electron chi connectivity index (χ2n) is 5.34. The Morgan fingerprint density at radius 2 is 2.18 bits per heavy atom. The highest BCUT2D eigenvalue weighted by molar-refractivity contribution is 5.24. The number of nitrogens with two attached hydrogens (primary N) is 1. The van der Waals surface area contributed by atoms with Crippen molar-refractivity contribution in [1.82, 2.24) is 0 Å². The number of ether oxygens (including phenoxy) is 2. The fraction of sp³-hybridized carbons (Fsp3) is 0.474. The maximum atomic E-state index is 5.89. The summed E-state index contributed by atoms with van der Waals surface area (Å²) in [5.74, 6) is 1.67. The molecule has 0 spiro atoms. The van der Waals surface area contributed by atoms with E-state index in [9.17, 15) is 0 Å². The molecule has 1 aliphatic carbocycles. The summed E-state index contributed by atoms with van der Waals surface area (Å²) in [5.41, 5.74) is 7.32. The summed E-state index contributed by atoms with van der Waals surface area (Å²) in [4.78, 5) is 0. The van der Waals surface area contributed by atoms with Gasteiger partial charge in [-0.2, -0.15) is 0 Å². The molecule has 0 saturated heterocycles. The molecule has 1 unspecified atom stereocenters. The van der Waals surface area contributed by atoms with Crippen LogP contribution in [0.15, 0.2) is 60.3 Å². The van der Waals surface area contributed by atoms with Crippen LogP contribution in [0.5, 0.6) is 0 Å². The van der Waals surface area contributed by atoms with Crippen molar-refractivity contribution in [3.8, 4) is 0 Å². The molecule has 0 aliphatic heterocycles. The summed E-state index contributed by atoms with van der Waals surface area (Å²) in [6.45, 7) is 8.03. The zero-order valence-electron chi connectivity index (χ0n) is 13.9. The summed E-state index contributed by atoms with van der Waals surface area (Å²) in [6.07, 6.45) is 17.0. The second kappa shape index (κ2) is 10.9. The van der Waals surface area contributed by atoms with Crippen molar-refractivity contribution in [2.75, 3.05) is 0 Å². The minimum atomic E-state index is -0.259. The third kappa shape index (κ3) is 7.32. The van der Waals surface area contributed by atoms with Gasteiger partial charge in [-0.1, -0.05) is 44.6 Å². The quantitative estimate of drug-likeness (QED) is 0.347. The van der Waals surface area contributed by atoms with Crippen molar-refractivity contribution in [3.63, 3.8) is 0 Å². The van der Waals surface area contributed by atoms with Gasteiger partial charge in [-0.05, 0) is 37.8 Å². The minimum absolute atomic E-state index is 0.259. The molecule has 3 nitrogen and oxygen atoms in total. The lowest BCUT2D eigenvalue weighted by atomic mass is 10.0. The Bertz CT molecular complexity index is 458. The Morgan fingerprint density at radius 1 is 1.36 bits per heavy atom. The first-order valence-corrected chi connectivity index (χ1v) is 8.16. The van der Waals surface area contributed by atoms with Crippen LogP contribution in [-0.4, -0.2) is 6.23 Å². The van der Waals surface area contributed by atoms with Gasteiger partial charge < -0.3 is 9.47 Å². The van der Waals surface area contributed by atoms with Gasteiger partial charge in [-0.25, -0.2) is 0 Å². The lowest BCUT2D eigenvalue weighted by molar-refractivity contribution is 0.138. The van der Waals surface area contributed by atoms with Gasteiger partial charge in [0.25, 0.3) is 0 Å². The Morgan fingerprint density at radius 3 is 2.77 bits per heavy atom. The third-order valence-electron chi connectivity index (χ3n) is 3.51. The molecule has 0 saturated carbocycles. The molecule has 1 rings (SSSR count). The van der Waals surface area contributed by atoms with Crippen molar-refractivity contribution < 1.29 is 9.47 Å². The van der Waals surface area contributed by atoms with Crippen LogP contribution in [0.2, 0.25) is 0 Å². The van der Waals surface area contributed by atoms with Crippen LogP contribution in [0.1, 0.15) is 52.4 Å². The molecular weight excluding hydrogens is 274 g/mol. The predicted molar refractivity (Wildman–Crippen MR) is 92.8 cm³/mol. The highest BCUT2D eigenvalue weighted by Crippen LogP contribution is 2.23. The average Bonchev–Trinajstić information content (AvgIpc) is 2.53. The molecule has 0 heterocycles. The van der Waals surface area contributed by atoms with Gasteiger partial charge in [-0.15, -0.1) is 0 Å². The van der Waals surface area contributed by atoms with Crippen molar-refractivity contribution in [1.29, 1.82) is 0 Å². The number of allylic oxidation sites excluding steroid dienone is 7. The maximum absolute atomic E-state index is 5.89. The Hall–Kier alpha value is -1.74. The second-order valence-corrected chi connectivity index (χ2v) is 5.34. The molecule has 1 aliphatic rings. The molecule has 122 valence electrons. The molecule has 0 aromatic rings. The molecule has 3 heteroatoms. The van der Waals surface area contributed by atoms with Crippen molar-refractivity contribution in [2.45, 2.75) is 58.6 Å². The summed E-state index contributed by atoms with van der Waals surface area (Å²) in [5, 5.41) is 0. The van der Waals surface area contributed by atoms with E-state index in [-0.39, 0.29) is 6.23 Å². The molecule has 1 atom stereocenters. The molecule has 0 fully saturated rings. The number of hydrogen-bond acceptors (Lipinski definition) is 3. The topological polar surface area (TPSA) is 44.5 Å². The molecule has 2 N–H and O–H groups in total. The Kier molecular flexibility index (Phi) is 9.08. The zero-order valence-corrected chi connectivity index (χ0v) is 13.9. The number of unbranched alkanes of at least 4 members (excludes halogenated alkanes) is 1. The molecule has 0 radical (unpaired) electrons. The van der Waals surface area contributed by atoms with E-state index in [1.807, 2.05) is 12.2 Å².